The van der Waals surface area contributed by atoms with Crippen molar-refractivity contribution in [3.05, 3.63) is 90.4 Å². The van der Waals surface area contributed by atoms with Crippen LogP contribution in [-0.4, -0.2) is 43.3 Å². The molecule has 9 nitrogen and oxygen atoms in total. The summed E-state index contributed by atoms with van der Waals surface area (Å²) in [7, 11) is 0. The van der Waals surface area contributed by atoms with Crippen LogP contribution in [0.2, 0.25) is 0 Å². The van der Waals surface area contributed by atoms with E-state index in [0.717, 1.165) is 5.52 Å². The number of ether oxygens (including phenoxy) is 1. The van der Waals surface area contributed by atoms with Crippen LogP contribution in [0.15, 0.2) is 73.2 Å². The summed E-state index contributed by atoms with van der Waals surface area (Å²) in [6, 6.07) is 15.5. The number of rotatable bonds is 7. The van der Waals surface area contributed by atoms with Crippen molar-refractivity contribution in [3.63, 3.8) is 0 Å². The van der Waals surface area contributed by atoms with Crippen LogP contribution in [0.1, 0.15) is 41.9 Å². The minimum atomic E-state index is -0.384. The third-order valence-corrected chi connectivity index (χ3v) is 6.70. The van der Waals surface area contributed by atoms with Crippen molar-refractivity contribution in [2.45, 2.75) is 31.7 Å². The maximum absolute atomic E-state index is 15.0. The van der Waals surface area contributed by atoms with Crippen LogP contribution in [0, 0.1) is 5.82 Å². The standard InChI is InChI=1S/C28H24FN7O2/c1-2-38-19-9-10-23(32-16-19)27-35-34-26(36(27)24-8-4-3-6-21(24)29)17-14-18(15-17)33-28(37)20-11-13-30-22-7-5-12-31-25(20)22/h3-13,16-18H,2,14-15H2,1H3,(H,33,37)/p+1. The van der Waals surface area contributed by atoms with Gasteiger partial charge in [0.2, 0.25) is 5.52 Å². The minimum absolute atomic E-state index is 0.00963. The van der Waals surface area contributed by atoms with E-state index >= 15 is 0 Å². The minimum Gasteiger partial charge on any atom is -0.492 e. The smallest absolute Gasteiger partial charge is 0.258 e. The summed E-state index contributed by atoms with van der Waals surface area (Å²) >= 11 is 0. The molecular weight excluding hydrogens is 485 g/mol. The highest BCUT2D eigenvalue weighted by Crippen LogP contribution is 2.39. The van der Waals surface area contributed by atoms with Crippen LogP contribution in [0.5, 0.6) is 5.75 Å². The highest BCUT2D eigenvalue weighted by atomic mass is 19.1. The number of halogens is 1. The third-order valence-electron chi connectivity index (χ3n) is 6.70. The van der Waals surface area contributed by atoms with E-state index in [0.29, 0.717) is 59.3 Å². The normalized spacial score (nSPS) is 16.7. The molecule has 0 saturated heterocycles. The SMILES string of the molecule is CCOc1ccc(-c2nnc(C3CC(NC(=O)c4ccnc5ccc[nH+]c45)C3)n2-c2ccccc2F)nc1. The monoisotopic (exact) mass is 510 g/mol. The van der Waals surface area contributed by atoms with Crippen molar-refractivity contribution in [3.8, 4) is 23.0 Å². The fraction of sp³-hybridized carbons (Fsp3) is 0.214. The highest BCUT2D eigenvalue weighted by Gasteiger charge is 2.37. The van der Waals surface area contributed by atoms with Gasteiger partial charge in [-0.2, -0.15) is 0 Å². The molecule has 0 unspecified atom stereocenters. The second-order valence-corrected chi connectivity index (χ2v) is 9.11. The molecule has 5 aromatic rings. The fourth-order valence-electron chi connectivity index (χ4n) is 4.79. The van der Waals surface area contributed by atoms with Gasteiger partial charge >= 0.3 is 0 Å². The Morgan fingerprint density at radius 3 is 2.76 bits per heavy atom. The quantitative estimate of drug-likeness (QED) is 0.356. The Balaban J connectivity index is 1.25. The molecule has 0 aliphatic heterocycles. The number of carbonyl (C=O) groups is 1. The number of amides is 1. The fourth-order valence-corrected chi connectivity index (χ4v) is 4.79. The zero-order chi connectivity index (χ0) is 26.1. The van der Waals surface area contributed by atoms with Crippen LogP contribution in [0.4, 0.5) is 4.39 Å². The first-order chi connectivity index (χ1) is 18.6. The van der Waals surface area contributed by atoms with Gasteiger partial charge in [-0.1, -0.05) is 12.1 Å². The van der Waals surface area contributed by atoms with Crippen molar-refractivity contribution in [1.82, 2.24) is 30.0 Å². The Morgan fingerprint density at radius 1 is 1.11 bits per heavy atom. The van der Waals surface area contributed by atoms with E-state index in [1.54, 1.807) is 59.6 Å². The molecule has 4 heterocycles. The predicted molar refractivity (Wildman–Crippen MR) is 137 cm³/mol. The number of nitrogens with zero attached hydrogens (tertiary/aromatic N) is 5. The van der Waals surface area contributed by atoms with Gasteiger partial charge in [-0.25, -0.2) is 19.3 Å². The summed E-state index contributed by atoms with van der Waals surface area (Å²) in [5.41, 5.74) is 2.86. The summed E-state index contributed by atoms with van der Waals surface area (Å²) in [6.45, 7) is 2.44. The summed E-state index contributed by atoms with van der Waals surface area (Å²) < 4.78 is 22.2. The molecule has 10 heteroatoms. The summed E-state index contributed by atoms with van der Waals surface area (Å²) in [6.07, 6.45) is 6.33. The van der Waals surface area contributed by atoms with Crippen LogP contribution in [0.25, 0.3) is 28.2 Å². The molecule has 0 atom stereocenters. The maximum Gasteiger partial charge on any atom is 0.258 e. The Kier molecular flexibility index (Phi) is 6.20. The molecule has 1 aromatic carbocycles. The molecule has 1 aliphatic rings. The van der Waals surface area contributed by atoms with Crippen molar-refractivity contribution in [2.24, 2.45) is 0 Å². The molecule has 0 spiro atoms. The zero-order valence-corrected chi connectivity index (χ0v) is 20.6. The van der Waals surface area contributed by atoms with Gasteiger partial charge in [-0.15, -0.1) is 10.2 Å². The van der Waals surface area contributed by atoms with Crippen molar-refractivity contribution in [1.29, 1.82) is 0 Å². The lowest BCUT2D eigenvalue weighted by Crippen LogP contribution is -2.44. The van der Waals surface area contributed by atoms with Gasteiger partial charge in [0, 0.05) is 24.2 Å². The number of aromatic nitrogens is 6. The van der Waals surface area contributed by atoms with Gasteiger partial charge in [0.05, 0.1) is 18.5 Å². The van der Waals surface area contributed by atoms with Crippen molar-refractivity contribution < 1.29 is 18.9 Å². The van der Waals surface area contributed by atoms with Gasteiger partial charge in [0.25, 0.3) is 5.91 Å². The molecule has 1 fully saturated rings. The van der Waals surface area contributed by atoms with Gasteiger partial charge in [0.1, 0.15) is 34.2 Å². The molecule has 6 rings (SSSR count). The number of para-hydroxylation sites is 1. The lowest BCUT2D eigenvalue weighted by atomic mass is 9.79. The van der Waals surface area contributed by atoms with E-state index < -0.39 is 0 Å². The largest absolute Gasteiger partial charge is 0.492 e. The number of H-pyrrole nitrogens is 1. The molecule has 1 aliphatic carbocycles. The predicted octanol–water partition coefficient (Wildman–Crippen LogP) is 3.91. The Hall–Kier alpha value is -4.73. The maximum atomic E-state index is 15.0. The topological polar surface area (TPSA) is 109 Å². The zero-order valence-electron chi connectivity index (χ0n) is 20.6. The van der Waals surface area contributed by atoms with Crippen LogP contribution >= 0.6 is 0 Å². The molecule has 2 N–H and O–H groups in total. The van der Waals surface area contributed by atoms with Gasteiger partial charge in [0.15, 0.2) is 12.0 Å². The molecule has 4 aromatic heterocycles. The molecular formula is C28H25FN7O2+. The summed E-state index contributed by atoms with van der Waals surface area (Å²) in [5, 5.41) is 12.0. The van der Waals surface area contributed by atoms with E-state index in [9.17, 15) is 9.18 Å². The number of pyridine rings is 3. The average molecular weight is 511 g/mol. The van der Waals surface area contributed by atoms with Crippen molar-refractivity contribution in [2.75, 3.05) is 6.61 Å². The van der Waals surface area contributed by atoms with Gasteiger partial charge in [-0.3, -0.25) is 9.36 Å². The van der Waals surface area contributed by atoms with Crippen molar-refractivity contribution >= 4 is 16.9 Å². The van der Waals surface area contributed by atoms with E-state index in [-0.39, 0.29) is 23.7 Å². The highest BCUT2D eigenvalue weighted by molar-refractivity contribution is 6.03. The average Bonchev–Trinajstić information content (AvgIpc) is 3.35. The lowest BCUT2D eigenvalue weighted by molar-refractivity contribution is -0.344. The number of hydrogen-bond acceptors (Lipinski definition) is 6. The number of nitrogens with one attached hydrogen (secondary N) is 2. The number of benzene rings is 1. The number of aromatic amines is 1. The number of hydrogen-bond donors (Lipinski definition) is 1. The summed E-state index contributed by atoms with van der Waals surface area (Å²) in [4.78, 5) is 24.9. The third kappa shape index (κ3) is 4.34. The second kappa shape index (κ2) is 9.97. The van der Waals surface area contributed by atoms with Crippen LogP contribution < -0.4 is 15.0 Å². The van der Waals surface area contributed by atoms with Gasteiger partial charge in [-0.05, 0) is 56.2 Å². The molecule has 0 radical (unpaired) electrons. The first-order valence-electron chi connectivity index (χ1n) is 12.5. The van der Waals surface area contributed by atoms with E-state index in [4.69, 9.17) is 4.74 Å². The first-order valence-corrected chi connectivity index (χ1v) is 12.5. The van der Waals surface area contributed by atoms with E-state index in [2.05, 4.69) is 30.5 Å². The molecule has 0 bridgehead atoms. The molecule has 1 saturated carbocycles. The summed E-state index contributed by atoms with van der Waals surface area (Å²) in [5.74, 6) is 1.16. The second-order valence-electron chi connectivity index (χ2n) is 9.11. The molecule has 190 valence electrons. The van der Waals surface area contributed by atoms with E-state index in [1.807, 2.05) is 19.1 Å². The lowest BCUT2D eigenvalue weighted by Gasteiger charge is -2.35. The molecule has 38 heavy (non-hydrogen) atoms. The first kappa shape index (κ1) is 23.7. The Labute approximate surface area is 217 Å². The number of fused-ring (bicyclic) bond motifs is 1. The Bertz CT molecular complexity index is 1610. The molecule has 1 amide bonds. The van der Waals surface area contributed by atoms with Crippen LogP contribution in [-0.2, 0) is 0 Å². The number of carbonyl (C=O) groups excluding carboxylic acids is 1. The Morgan fingerprint density at radius 2 is 1.97 bits per heavy atom. The van der Waals surface area contributed by atoms with Gasteiger partial charge < -0.3 is 10.1 Å². The van der Waals surface area contributed by atoms with E-state index in [1.165, 1.54) is 6.07 Å². The van der Waals surface area contributed by atoms with Crippen LogP contribution in [0.3, 0.4) is 0 Å².